The van der Waals surface area contributed by atoms with Crippen molar-refractivity contribution in [2.24, 2.45) is 5.73 Å². The molecule has 2 N–H and O–H groups in total. The van der Waals surface area contributed by atoms with Gasteiger partial charge in [0.25, 0.3) is 0 Å². The molecule has 1 aliphatic heterocycles. The number of hydrogen-bond donors (Lipinski definition) is 1. The number of hydrogen-bond acceptors (Lipinski definition) is 2. The van der Waals surface area contributed by atoms with Gasteiger partial charge in [-0.05, 0) is 42.2 Å². The van der Waals surface area contributed by atoms with E-state index in [-0.39, 0.29) is 12.1 Å². The zero-order valence-corrected chi connectivity index (χ0v) is 12.6. The average Bonchev–Trinajstić information content (AvgIpc) is 2.86. The zero-order valence-electron chi connectivity index (χ0n) is 11.0. The van der Waals surface area contributed by atoms with Gasteiger partial charge in [-0.3, -0.25) is 0 Å². The second kappa shape index (κ2) is 5.23. The van der Waals surface area contributed by atoms with E-state index in [0.717, 1.165) is 17.3 Å². The first-order valence-corrected chi connectivity index (χ1v) is 7.54. The highest BCUT2D eigenvalue weighted by Gasteiger charge is 2.29. The molecule has 1 saturated heterocycles. The summed E-state index contributed by atoms with van der Waals surface area (Å²) in [5.41, 5.74) is 7.62. The molecule has 2 aromatic rings. The molecule has 3 heteroatoms. The van der Waals surface area contributed by atoms with Gasteiger partial charge in [0, 0.05) is 4.47 Å². The molecule has 100 valence electrons. The minimum atomic E-state index is -0.0528. The molecule has 0 aliphatic carbocycles. The highest BCUT2D eigenvalue weighted by molar-refractivity contribution is 9.10. The normalized spacial score (nSPS) is 24.8. The van der Waals surface area contributed by atoms with E-state index in [1.807, 2.05) is 0 Å². The van der Waals surface area contributed by atoms with Crippen molar-refractivity contribution in [3.05, 3.63) is 46.4 Å². The SMILES string of the molecule is CC1CCC(C(N)c2ccc(Br)c3ccccc23)O1. The van der Waals surface area contributed by atoms with Crippen molar-refractivity contribution in [3.8, 4) is 0 Å². The number of halogens is 1. The summed E-state index contributed by atoms with van der Waals surface area (Å²) in [6.45, 7) is 2.12. The lowest BCUT2D eigenvalue weighted by Crippen LogP contribution is -2.26. The molecule has 3 atom stereocenters. The van der Waals surface area contributed by atoms with E-state index in [0.29, 0.717) is 6.10 Å². The highest BCUT2D eigenvalue weighted by atomic mass is 79.9. The molecular formula is C16H18BrNO. The van der Waals surface area contributed by atoms with E-state index in [2.05, 4.69) is 59.3 Å². The summed E-state index contributed by atoms with van der Waals surface area (Å²) in [4.78, 5) is 0. The van der Waals surface area contributed by atoms with Gasteiger partial charge < -0.3 is 10.5 Å². The Kier molecular flexibility index (Phi) is 3.61. The Bertz CT molecular complexity index is 598. The van der Waals surface area contributed by atoms with Gasteiger partial charge in [-0.2, -0.15) is 0 Å². The van der Waals surface area contributed by atoms with E-state index in [4.69, 9.17) is 10.5 Å². The molecule has 0 radical (unpaired) electrons. The van der Waals surface area contributed by atoms with E-state index in [9.17, 15) is 0 Å². The zero-order chi connectivity index (χ0) is 13.4. The second-order valence-corrected chi connectivity index (χ2v) is 6.12. The van der Waals surface area contributed by atoms with Crippen molar-refractivity contribution < 1.29 is 4.74 Å². The Labute approximate surface area is 122 Å². The summed E-state index contributed by atoms with van der Waals surface area (Å²) in [5.74, 6) is 0. The summed E-state index contributed by atoms with van der Waals surface area (Å²) >= 11 is 3.60. The van der Waals surface area contributed by atoms with E-state index in [1.54, 1.807) is 0 Å². The maximum absolute atomic E-state index is 6.44. The van der Waals surface area contributed by atoms with Crippen molar-refractivity contribution in [1.29, 1.82) is 0 Å². The summed E-state index contributed by atoms with van der Waals surface area (Å²) in [6, 6.07) is 12.5. The predicted molar refractivity (Wildman–Crippen MR) is 82.1 cm³/mol. The van der Waals surface area contributed by atoms with Gasteiger partial charge in [-0.15, -0.1) is 0 Å². The van der Waals surface area contributed by atoms with Crippen LogP contribution in [-0.4, -0.2) is 12.2 Å². The van der Waals surface area contributed by atoms with Crippen LogP contribution in [0.1, 0.15) is 31.4 Å². The first-order valence-electron chi connectivity index (χ1n) is 6.75. The van der Waals surface area contributed by atoms with Crippen LogP contribution in [0.4, 0.5) is 0 Å². The molecule has 1 fully saturated rings. The maximum Gasteiger partial charge on any atom is 0.0772 e. The van der Waals surface area contributed by atoms with Gasteiger partial charge in [-0.1, -0.05) is 46.3 Å². The largest absolute Gasteiger partial charge is 0.373 e. The smallest absolute Gasteiger partial charge is 0.0772 e. The van der Waals surface area contributed by atoms with E-state index >= 15 is 0 Å². The Morgan fingerprint density at radius 2 is 1.89 bits per heavy atom. The van der Waals surface area contributed by atoms with E-state index in [1.165, 1.54) is 16.3 Å². The lowest BCUT2D eigenvalue weighted by Gasteiger charge is -2.21. The second-order valence-electron chi connectivity index (χ2n) is 5.27. The average molecular weight is 320 g/mol. The fourth-order valence-electron chi connectivity index (χ4n) is 2.87. The van der Waals surface area contributed by atoms with Crippen LogP contribution in [0, 0.1) is 0 Å². The van der Waals surface area contributed by atoms with Gasteiger partial charge >= 0.3 is 0 Å². The molecule has 2 aromatic carbocycles. The van der Waals surface area contributed by atoms with Gasteiger partial charge in [0.15, 0.2) is 0 Å². The fraction of sp³-hybridized carbons (Fsp3) is 0.375. The fourth-order valence-corrected chi connectivity index (χ4v) is 3.35. The molecule has 0 bridgehead atoms. The Morgan fingerprint density at radius 1 is 1.16 bits per heavy atom. The number of ether oxygens (including phenoxy) is 1. The molecule has 19 heavy (non-hydrogen) atoms. The molecular weight excluding hydrogens is 302 g/mol. The van der Waals surface area contributed by atoms with Crippen molar-refractivity contribution in [3.63, 3.8) is 0 Å². The van der Waals surface area contributed by atoms with Crippen LogP contribution < -0.4 is 5.73 Å². The molecule has 2 nitrogen and oxygen atoms in total. The summed E-state index contributed by atoms with van der Waals surface area (Å²) in [5, 5.41) is 2.43. The third kappa shape index (κ3) is 2.42. The van der Waals surface area contributed by atoms with E-state index < -0.39 is 0 Å². The van der Waals surface area contributed by atoms with Crippen molar-refractivity contribution >= 4 is 26.7 Å². The van der Waals surface area contributed by atoms with Crippen molar-refractivity contribution in [2.45, 2.75) is 38.0 Å². The molecule has 1 aliphatic rings. The van der Waals surface area contributed by atoms with Gasteiger partial charge in [0.2, 0.25) is 0 Å². The molecule has 3 unspecified atom stereocenters. The summed E-state index contributed by atoms with van der Waals surface area (Å²) in [7, 11) is 0. The third-order valence-corrected chi connectivity index (χ3v) is 4.62. The molecule has 0 saturated carbocycles. The lowest BCUT2D eigenvalue weighted by molar-refractivity contribution is 0.0404. The van der Waals surface area contributed by atoms with Crippen LogP contribution in [-0.2, 0) is 4.74 Å². The standard InChI is InChI=1S/C16H18BrNO/c1-10-6-9-15(19-10)16(18)13-7-8-14(17)12-5-3-2-4-11(12)13/h2-5,7-8,10,15-16H,6,9,18H2,1H3. The minimum Gasteiger partial charge on any atom is -0.373 e. The topological polar surface area (TPSA) is 35.2 Å². The monoisotopic (exact) mass is 319 g/mol. The highest BCUT2D eigenvalue weighted by Crippen LogP contribution is 2.34. The maximum atomic E-state index is 6.44. The van der Waals surface area contributed by atoms with Crippen LogP contribution in [0.25, 0.3) is 10.8 Å². The summed E-state index contributed by atoms with van der Waals surface area (Å²) in [6.07, 6.45) is 2.62. The Balaban J connectivity index is 2.03. The summed E-state index contributed by atoms with van der Waals surface area (Å²) < 4.78 is 7.03. The van der Waals surface area contributed by atoms with Crippen LogP contribution >= 0.6 is 15.9 Å². The van der Waals surface area contributed by atoms with Crippen LogP contribution in [0.15, 0.2) is 40.9 Å². The first-order chi connectivity index (χ1) is 9.16. The predicted octanol–water partition coefficient (Wildman–Crippen LogP) is 4.17. The van der Waals surface area contributed by atoms with Gasteiger partial charge in [-0.25, -0.2) is 0 Å². The van der Waals surface area contributed by atoms with Crippen LogP contribution in [0.3, 0.4) is 0 Å². The van der Waals surface area contributed by atoms with Crippen LogP contribution in [0.5, 0.6) is 0 Å². The molecule has 3 rings (SSSR count). The van der Waals surface area contributed by atoms with Gasteiger partial charge in [0.1, 0.15) is 0 Å². The minimum absolute atomic E-state index is 0.0528. The van der Waals surface area contributed by atoms with Crippen molar-refractivity contribution in [2.75, 3.05) is 0 Å². The van der Waals surface area contributed by atoms with Crippen molar-refractivity contribution in [1.82, 2.24) is 0 Å². The van der Waals surface area contributed by atoms with Gasteiger partial charge in [0.05, 0.1) is 18.2 Å². The number of benzene rings is 2. The van der Waals surface area contributed by atoms with Crippen LogP contribution in [0.2, 0.25) is 0 Å². The number of rotatable bonds is 2. The molecule has 1 heterocycles. The number of fused-ring (bicyclic) bond motifs is 1. The first kappa shape index (κ1) is 13.1. The number of nitrogens with two attached hydrogens (primary N) is 1. The molecule has 0 amide bonds. The third-order valence-electron chi connectivity index (χ3n) is 3.93. The molecule has 0 aromatic heterocycles. The Morgan fingerprint density at radius 3 is 2.58 bits per heavy atom. The lowest BCUT2D eigenvalue weighted by atomic mass is 9.95. The molecule has 0 spiro atoms. The Hall–Kier alpha value is -0.900. The quantitative estimate of drug-likeness (QED) is 0.901.